The maximum absolute atomic E-state index is 10.0. The van der Waals surface area contributed by atoms with Crippen molar-refractivity contribution in [1.29, 1.82) is 0 Å². The summed E-state index contributed by atoms with van der Waals surface area (Å²) >= 11 is 0. The van der Waals surface area contributed by atoms with Gasteiger partial charge in [0.1, 0.15) is 0 Å². The summed E-state index contributed by atoms with van der Waals surface area (Å²) in [4.78, 5) is 15.2. The number of rotatable bonds is 3. The molecular weight excluding hydrogens is 683 g/mol. The van der Waals surface area contributed by atoms with Crippen molar-refractivity contribution in [2.45, 2.75) is 47.0 Å². The van der Waals surface area contributed by atoms with Crippen molar-refractivity contribution in [3.05, 3.63) is 125 Å². The fourth-order valence-electron chi connectivity index (χ4n) is 5.69. The van der Waals surface area contributed by atoms with E-state index in [1.165, 1.54) is 69.8 Å². The number of aliphatic hydroxyl groups excluding tert-OH is 1. The van der Waals surface area contributed by atoms with Gasteiger partial charge >= 0.3 is 0 Å². The number of benzene rings is 4. The van der Waals surface area contributed by atoms with E-state index >= 15 is 0 Å². The number of fused-ring (bicyclic) bond motifs is 4. The zero-order valence-corrected chi connectivity index (χ0v) is 26.7. The first-order chi connectivity index (χ1) is 19.1. The fourth-order valence-corrected chi connectivity index (χ4v) is 5.69. The molecule has 5 aromatic rings. The van der Waals surface area contributed by atoms with Crippen LogP contribution in [0.25, 0.3) is 44.4 Å². The van der Waals surface area contributed by atoms with Crippen LogP contribution in [0.1, 0.15) is 49.9 Å². The SMILES string of the molecule is CC(=O)/C=C(/C)O.Cc1cccc(-c2cc(-c3[c-]cccc3C)nc3cc4c(cc23)-c2ccccc2C4(C)C)c1.[Ir]. The Hall–Kier alpha value is -3.85. The van der Waals surface area contributed by atoms with Gasteiger partial charge in [-0.1, -0.05) is 80.9 Å². The van der Waals surface area contributed by atoms with Gasteiger partial charge in [-0.3, -0.25) is 9.78 Å². The van der Waals surface area contributed by atoms with E-state index in [2.05, 4.69) is 107 Å². The minimum absolute atomic E-state index is 0. The molecule has 1 radical (unpaired) electrons. The number of nitrogens with zero attached hydrogens (tertiary/aromatic N) is 1. The molecule has 1 aromatic heterocycles. The predicted octanol–water partition coefficient (Wildman–Crippen LogP) is 9.33. The van der Waals surface area contributed by atoms with Crippen LogP contribution in [-0.4, -0.2) is 15.9 Å². The van der Waals surface area contributed by atoms with Gasteiger partial charge in [0.25, 0.3) is 0 Å². The van der Waals surface area contributed by atoms with Gasteiger partial charge in [0, 0.05) is 37.0 Å². The largest absolute Gasteiger partial charge is 0.512 e. The molecule has 0 aliphatic heterocycles. The monoisotopic (exact) mass is 717 g/mol. The molecule has 0 atom stereocenters. The molecule has 6 rings (SSSR count). The molecule has 0 bridgehead atoms. The number of hydrogen-bond donors (Lipinski definition) is 1. The second-order valence-corrected chi connectivity index (χ2v) is 11.1. The Morgan fingerprint density at radius 3 is 2.27 bits per heavy atom. The topological polar surface area (TPSA) is 50.2 Å². The third-order valence-electron chi connectivity index (χ3n) is 7.57. The quantitative estimate of drug-likeness (QED) is 0.115. The molecule has 1 heterocycles. The molecule has 1 aliphatic rings. The molecule has 0 saturated heterocycles. The summed E-state index contributed by atoms with van der Waals surface area (Å²) in [6.45, 7) is 11.8. The van der Waals surface area contributed by atoms with Crippen LogP contribution in [0.15, 0.2) is 96.8 Å². The maximum Gasteiger partial charge on any atom is 0.155 e. The molecule has 0 fully saturated rings. The zero-order valence-electron chi connectivity index (χ0n) is 24.3. The third-order valence-corrected chi connectivity index (χ3v) is 7.57. The van der Waals surface area contributed by atoms with E-state index in [0.29, 0.717) is 0 Å². The van der Waals surface area contributed by atoms with Crippen molar-refractivity contribution in [3.63, 3.8) is 0 Å². The number of carbonyl (C=O) groups is 1. The summed E-state index contributed by atoms with van der Waals surface area (Å²) < 4.78 is 0. The first-order valence-electron chi connectivity index (χ1n) is 13.6. The van der Waals surface area contributed by atoms with Crippen molar-refractivity contribution in [2.75, 3.05) is 0 Å². The number of allylic oxidation sites excluding steroid dienone is 2. The average molecular weight is 717 g/mol. The van der Waals surface area contributed by atoms with Crippen molar-refractivity contribution < 1.29 is 30.0 Å². The van der Waals surface area contributed by atoms with Crippen LogP contribution in [-0.2, 0) is 30.3 Å². The molecule has 41 heavy (non-hydrogen) atoms. The molecule has 4 heteroatoms. The Labute approximate surface area is 256 Å². The summed E-state index contributed by atoms with van der Waals surface area (Å²) in [5.41, 5.74) is 13.3. The maximum atomic E-state index is 10.0. The van der Waals surface area contributed by atoms with Gasteiger partial charge < -0.3 is 5.11 Å². The molecule has 0 spiro atoms. The Balaban J connectivity index is 0.000000434. The van der Waals surface area contributed by atoms with Gasteiger partial charge in [-0.2, -0.15) is 0 Å². The van der Waals surface area contributed by atoms with E-state index in [-0.39, 0.29) is 37.1 Å². The molecule has 0 saturated carbocycles. The van der Waals surface area contributed by atoms with Crippen molar-refractivity contribution in [3.8, 4) is 33.5 Å². The number of aliphatic hydroxyl groups is 1. The third kappa shape index (κ3) is 5.95. The second-order valence-electron chi connectivity index (χ2n) is 11.1. The van der Waals surface area contributed by atoms with Gasteiger partial charge in [0.2, 0.25) is 0 Å². The standard InChI is InChI=1S/C32H26N.C5H8O2.Ir/c1-20-10-9-12-22(16-20)25-18-30(23-13-6-5-11-21(23)2)33-31-19-29-26(17-27(25)31)24-14-7-8-15-28(24)32(29,3)4;1-4(6)3-5(2)7;/h5-12,14-19H,1-4H3;3,6H,1-2H3;/q-1;;/b;4-3-;. The van der Waals surface area contributed by atoms with Crippen LogP contribution >= 0.6 is 0 Å². The fraction of sp³-hybridized carbons (Fsp3) is 0.189. The molecular formula is C37H34IrNO2-. The molecule has 4 aromatic carbocycles. The Kier molecular flexibility index (Phi) is 8.77. The average Bonchev–Trinajstić information content (AvgIpc) is 3.13. The Morgan fingerprint density at radius 1 is 0.854 bits per heavy atom. The summed E-state index contributed by atoms with van der Waals surface area (Å²) in [7, 11) is 0. The summed E-state index contributed by atoms with van der Waals surface area (Å²) in [5.74, 6) is -0.0625. The molecule has 209 valence electrons. The minimum atomic E-state index is -0.125. The van der Waals surface area contributed by atoms with E-state index in [1.807, 2.05) is 12.1 Å². The van der Waals surface area contributed by atoms with Crippen LogP contribution < -0.4 is 0 Å². The number of aryl methyl sites for hydroxylation is 2. The second kappa shape index (κ2) is 11.9. The first-order valence-corrected chi connectivity index (χ1v) is 13.6. The minimum Gasteiger partial charge on any atom is -0.512 e. The van der Waals surface area contributed by atoms with Gasteiger partial charge in [0.15, 0.2) is 5.78 Å². The van der Waals surface area contributed by atoms with Crippen LogP contribution in [0, 0.1) is 19.9 Å². The van der Waals surface area contributed by atoms with E-state index in [0.717, 1.165) is 16.8 Å². The number of carbonyl (C=O) groups excluding carboxylic acids is 1. The van der Waals surface area contributed by atoms with Crippen LogP contribution in [0.2, 0.25) is 0 Å². The number of ketones is 1. The van der Waals surface area contributed by atoms with Gasteiger partial charge in [0.05, 0.1) is 11.3 Å². The van der Waals surface area contributed by atoms with Crippen molar-refractivity contribution >= 4 is 16.7 Å². The van der Waals surface area contributed by atoms with Crippen molar-refractivity contribution in [2.24, 2.45) is 0 Å². The first kappa shape index (κ1) is 30.1. The Morgan fingerprint density at radius 2 is 1.61 bits per heavy atom. The molecule has 1 aliphatic carbocycles. The molecule has 1 N–H and O–H groups in total. The zero-order chi connectivity index (χ0) is 28.6. The smallest absolute Gasteiger partial charge is 0.155 e. The van der Waals surface area contributed by atoms with Crippen LogP contribution in [0.4, 0.5) is 0 Å². The van der Waals surface area contributed by atoms with E-state index in [1.54, 1.807) is 0 Å². The molecule has 0 amide bonds. The van der Waals surface area contributed by atoms with Gasteiger partial charge in [-0.25, -0.2) is 0 Å². The summed E-state index contributed by atoms with van der Waals surface area (Å²) in [6.07, 6.45) is 1.17. The van der Waals surface area contributed by atoms with Gasteiger partial charge in [-0.05, 0) is 72.0 Å². The molecule has 0 unspecified atom stereocenters. The van der Waals surface area contributed by atoms with Crippen LogP contribution in [0.3, 0.4) is 0 Å². The van der Waals surface area contributed by atoms with Crippen molar-refractivity contribution in [1.82, 2.24) is 4.98 Å². The van der Waals surface area contributed by atoms with Crippen LogP contribution in [0.5, 0.6) is 0 Å². The Bertz CT molecular complexity index is 1800. The predicted molar refractivity (Wildman–Crippen MR) is 166 cm³/mol. The normalized spacial score (nSPS) is 13.0. The summed E-state index contributed by atoms with van der Waals surface area (Å²) in [5, 5.41) is 9.56. The van der Waals surface area contributed by atoms with E-state index in [9.17, 15) is 4.79 Å². The van der Waals surface area contributed by atoms with E-state index in [4.69, 9.17) is 10.1 Å². The number of hydrogen-bond acceptors (Lipinski definition) is 3. The summed E-state index contributed by atoms with van der Waals surface area (Å²) in [6, 6.07) is 34.1. The van der Waals surface area contributed by atoms with E-state index < -0.39 is 0 Å². The molecule has 3 nitrogen and oxygen atoms in total. The number of aromatic nitrogens is 1. The number of pyridine rings is 1. The van der Waals surface area contributed by atoms with Gasteiger partial charge in [-0.15, -0.1) is 35.4 Å².